The van der Waals surface area contributed by atoms with Crippen molar-refractivity contribution in [2.24, 2.45) is 0 Å². The topological polar surface area (TPSA) is 32.8 Å². The summed E-state index contributed by atoms with van der Waals surface area (Å²) >= 11 is 6.11. The molecule has 0 aromatic heterocycles. The minimum Gasteiger partial charge on any atom is -0.489 e. The van der Waals surface area contributed by atoms with E-state index in [0.717, 1.165) is 49.1 Å². The van der Waals surface area contributed by atoms with Crippen LogP contribution in [0.2, 0.25) is 5.02 Å². The summed E-state index contributed by atoms with van der Waals surface area (Å²) in [4.78, 5) is 17.4. The molecule has 1 aliphatic rings. The summed E-state index contributed by atoms with van der Waals surface area (Å²) in [6.07, 6.45) is 0. The summed E-state index contributed by atoms with van der Waals surface area (Å²) in [6.45, 7) is 11.0. The Morgan fingerprint density at radius 2 is 1.56 bits per heavy atom. The van der Waals surface area contributed by atoms with Crippen molar-refractivity contribution >= 4 is 17.5 Å². The van der Waals surface area contributed by atoms with Crippen LogP contribution in [0.1, 0.15) is 47.8 Å². The maximum Gasteiger partial charge on any atom is 0.253 e. The van der Waals surface area contributed by atoms with Crippen molar-refractivity contribution in [3.8, 4) is 5.75 Å². The van der Waals surface area contributed by atoms with Gasteiger partial charge in [-0.05, 0) is 58.5 Å². The zero-order chi connectivity index (χ0) is 24.1. The van der Waals surface area contributed by atoms with E-state index in [1.165, 1.54) is 11.1 Å². The van der Waals surface area contributed by atoms with Crippen molar-refractivity contribution in [2.45, 2.75) is 39.3 Å². The summed E-state index contributed by atoms with van der Waals surface area (Å²) in [6, 6.07) is 24.0. The number of halogens is 1. The number of carbonyl (C=O) groups is 1. The lowest BCUT2D eigenvalue weighted by Gasteiger charge is -2.35. The normalized spacial score (nSPS) is 14.8. The Balaban J connectivity index is 1.30. The Kier molecular flexibility index (Phi) is 7.60. The van der Waals surface area contributed by atoms with Crippen molar-refractivity contribution in [3.05, 3.63) is 100 Å². The van der Waals surface area contributed by atoms with E-state index in [9.17, 15) is 4.79 Å². The predicted molar refractivity (Wildman–Crippen MR) is 139 cm³/mol. The second-order valence-corrected chi connectivity index (χ2v) is 10.4. The number of ether oxygens (including phenoxy) is 1. The van der Waals surface area contributed by atoms with Gasteiger partial charge in [0.05, 0.1) is 0 Å². The third-order valence-electron chi connectivity index (χ3n) is 6.25. The highest BCUT2D eigenvalue weighted by Crippen LogP contribution is 2.25. The number of nitrogens with zero attached hydrogens (tertiary/aromatic N) is 2. The van der Waals surface area contributed by atoms with E-state index in [1.54, 1.807) is 0 Å². The second-order valence-electron chi connectivity index (χ2n) is 9.96. The van der Waals surface area contributed by atoms with Crippen LogP contribution < -0.4 is 4.74 Å². The zero-order valence-electron chi connectivity index (χ0n) is 20.3. The van der Waals surface area contributed by atoms with E-state index >= 15 is 0 Å². The fourth-order valence-electron chi connectivity index (χ4n) is 4.20. The number of piperazine rings is 1. The predicted octanol–water partition coefficient (Wildman–Crippen LogP) is 6.17. The minimum atomic E-state index is 0.0822. The van der Waals surface area contributed by atoms with Crippen LogP contribution in [0.5, 0.6) is 5.75 Å². The molecule has 1 saturated heterocycles. The first-order valence-corrected chi connectivity index (χ1v) is 12.2. The highest BCUT2D eigenvalue weighted by atomic mass is 35.5. The lowest BCUT2D eigenvalue weighted by atomic mass is 9.87. The Morgan fingerprint density at radius 1 is 0.882 bits per heavy atom. The number of hydrogen-bond donors (Lipinski definition) is 0. The molecule has 3 aromatic rings. The first kappa shape index (κ1) is 24.3. The molecule has 0 saturated carbocycles. The molecule has 0 atom stereocenters. The van der Waals surface area contributed by atoms with Crippen LogP contribution in [0, 0.1) is 0 Å². The van der Waals surface area contributed by atoms with E-state index < -0.39 is 0 Å². The average molecular weight is 477 g/mol. The summed E-state index contributed by atoms with van der Waals surface area (Å²) in [5.41, 5.74) is 4.31. The smallest absolute Gasteiger partial charge is 0.253 e. The first-order chi connectivity index (χ1) is 16.3. The standard InChI is InChI=1S/C29H33ClN2O2/c1-29(2,3)25-10-12-27(13-11-25)34-21-23-7-4-8-24(18-23)28(33)32-16-14-31(15-17-32)20-22-6-5-9-26(30)19-22/h4-13,18-19H,14-17,20-21H2,1-3H3. The number of benzene rings is 3. The molecule has 34 heavy (non-hydrogen) atoms. The zero-order valence-corrected chi connectivity index (χ0v) is 21.0. The average Bonchev–Trinajstić information content (AvgIpc) is 2.83. The fraction of sp³-hybridized carbons (Fsp3) is 0.345. The van der Waals surface area contributed by atoms with Crippen molar-refractivity contribution in [2.75, 3.05) is 26.2 Å². The Morgan fingerprint density at radius 3 is 2.24 bits per heavy atom. The van der Waals surface area contributed by atoms with E-state index in [0.29, 0.717) is 12.2 Å². The summed E-state index contributed by atoms with van der Waals surface area (Å²) < 4.78 is 5.98. The summed E-state index contributed by atoms with van der Waals surface area (Å²) in [5, 5.41) is 0.761. The van der Waals surface area contributed by atoms with Crippen molar-refractivity contribution < 1.29 is 9.53 Å². The molecular formula is C29H33ClN2O2. The number of rotatable bonds is 6. The summed E-state index contributed by atoms with van der Waals surface area (Å²) in [5.74, 6) is 0.916. The lowest BCUT2D eigenvalue weighted by Crippen LogP contribution is -2.48. The van der Waals surface area contributed by atoms with Gasteiger partial charge in [0.1, 0.15) is 12.4 Å². The Labute approximate surface area is 208 Å². The monoisotopic (exact) mass is 476 g/mol. The molecule has 0 aliphatic carbocycles. The third kappa shape index (κ3) is 6.40. The SMILES string of the molecule is CC(C)(C)c1ccc(OCc2cccc(C(=O)N3CCN(Cc4cccc(Cl)c4)CC3)c2)cc1. The summed E-state index contributed by atoms with van der Waals surface area (Å²) in [7, 11) is 0. The van der Waals surface area contributed by atoms with E-state index in [2.05, 4.69) is 43.9 Å². The molecular weight excluding hydrogens is 444 g/mol. The number of carbonyl (C=O) groups excluding carboxylic acids is 1. The molecule has 1 fully saturated rings. The van der Waals surface area contributed by atoms with Crippen LogP contribution >= 0.6 is 11.6 Å². The van der Waals surface area contributed by atoms with Gasteiger partial charge >= 0.3 is 0 Å². The molecule has 4 nitrogen and oxygen atoms in total. The highest BCUT2D eigenvalue weighted by Gasteiger charge is 2.22. The molecule has 1 heterocycles. The molecule has 0 bridgehead atoms. The molecule has 1 amide bonds. The van der Waals surface area contributed by atoms with Crippen LogP contribution in [0.3, 0.4) is 0 Å². The first-order valence-electron chi connectivity index (χ1n) is 11.9. The fourth-order valence-corrected chi connectivity index (χ4v) is 4.41. The van der Waals surface area contributed by atoms with Gasteiger partial charge in [-0.3, -0.25) is 9.69 Å². The van der Waals surface area contributed by atoms with Gasteiger partial charge in [-0.25, -0.2) is 0 Å². The molecule has 5 heteroatoms. The van der Waals surface area contributed by atoms with Crippen LogP contribution in [0.25, 0.3) is 0 Å². The Bertz CT molecular complexity index is 1110. The van der Waals surface area contributed by atoms with Crippen molar-refractivity contribution in [3.63, 3.8) is 0 Å². The molecule has 0 spiro atoms. The van der Waals surface area contributed by atoms with E-state index in [-0.39, 0.29) is 11.3 Å². The Hall–Kier alpha value is -2.82. The van der Waals surface area contributed by atoms with Gasteiger partial charge in [0, 0.05) is 43.3 Å². The molecule has 0 N–H and O–H groups in total. The maximum atomic E-state index is 13.1. The molecule has 1 aliphatic heterocycles. The van der Waals surface area contributed by atoms with Gasteiger partial charge in [0.2, 0.25) is 0 Å². The van der Waals surface area contributed by atoms with Gasteiger partial charge < -0.3 is 9.64 Å². The van der Waals surface area contributed by atoms with Crippen LogP contribution in [0.4, 0.5) is 0 Å². The van der Waals surface area contributed by atoms with Crippen molar-refractivity contribution in [1.29, 1.82) is 0 Å². The van der Waals surface area contributed by atoms with Gasteiger partial charge in [-0.2, -0.15) is 0 Å². The van der Waals surface area contributed by atoms with Gasteiger partial charge in [0.25, 0.3) is 5.91 Å². The number of hydrogen-bond acceptors (Lipinski definition) is 3. The molecule has 3 aromatic carbocycles. The molecule has 0 unspecified atom stereocenters. The van der Waals surface area contributed by atoms with Crippen LogP contribution in [-0.2, 0) is 18.6 Å². The maximum absolute atomic E-state index is 13.1. The molecule has 4 rings (SSSR count). The van der Waals surface area contributed by atoms with Crippen LogP contribution in [0.15, 0.2) is 72.8 Å². The van der Waals surface area contributed by atoms with E-state index in [4.69, 9.17) is 16.3 Å². The largest absolute Gasteiger partial charge is 0.489 e. The third-order valence-corrected chi connectivity index (χ3v) is 6.49. The lowest BCUT2D eigenvalue weighted by molar-refractivity contribution is 0.0628. The van der Waals surface area contributed by atoms with Crippen LogP contribution in [-0.4, -0.2) is 41.9 Å². The van der Waals surface area contributed by atoms with Crippen molar-refractivity contribution in [1.82, 2.24) is 9.80 Å². The molecule has 0 radical (unpaired) electrons. The second kappa shape index (κ2) is 10.6. The highest BCUT2D eigenvalue weighted by molar-refractivity contribution is 6.30. The van der Waals surface area contributed by atoms with Gasteiger partial charge in [0.15, 0.2) is 0 Å². The van der Waals surface area contributed by atoms with Gasteiger partial charge in [-0.1, -0.05) is 68.8 Å². The quantitative estimate of drug-likeness (QED) is 0.426. The van der Waals surface area contributed by atoms with Gasteiger partial charge in [-0.15, -0.1) is 0 Å². The molecule has 178 valence electrons. The minimum absolute atomic E-state index is 0.0822. The van der Waals surface area contributed by atoms with E-state index in [1.807, 2.05) is 59.5 Å². The number of amides is 1.